The third kappa shape index (κ3) is 5.20. The second-order valence-corrected chi connectivity index (χ2v) is 6.59. The molecule has 0 aliphatic carbocycles. The second-order valence-electron chi connectivity index (χ2n) is 6.16. The van der Waals surface area contributed by atoms with Crippen LogP contribution in [0.15, 0.2) is 36.7 Å². The molecule has 2 heterocycles. The largest absolute Gasteiger partial charge is 0.378 e. The van der Waals surface area contributed by atoms with Gasteiger partial charge in [0.25, 0.3) is 5.91 Å². The number of aromatic nitrogens is 2. The zero-order valence-corrected chi connectivity index (χ0v) is 16.1. The van der Waals surface area contributed by atoms with E-state index in [1.807, 2.05) is 23.1 Å². The Balaban J connectivity index is 0.00000243. The maximum Gasteiger partial charge on any atom is 0.257 e. The Hall–Kier alpha value is -1.60. The number of halogens is 2. The van der Waals surface area contributed by atoms with Crippen molar-refractivity contribution in [1.29, 1.82) is 0 Å². The van der Waals surface area contributed by atoms with Gasteiger partial charge in [0, 0.05) is 30.9 Å². The van der Waals surface area contributed by atoms with Crippen LogP contribution in [0.2, 0.25) is 5.02 Å². The predicted molar refractivity (Wildman–Crippen MR) is 104 cm³/mol. The first kappa shape index (κ1) is 20.7. The lowest BCUT2D eigenvalue weighted by Crippen LogP contribution is -2.41. The molecule has 1 fully saturated rings. The predicted octanol–water partition coefficient (Wildman–Crippen LogP) is 2.92. The molecule has 6 nitrogen and oxygen atoms in total. The molecule has 0 saturated carbocycles. The van der Waals surface area contributed by atoms with Crippen LogP contribution in [0.1, 0.15) is 29.6 Å². The van der Waals surface area contributed by atoms with Gasteiger partial charge in [0.15, 0.2) is 0 Å². The SMILES string of the molecule is Cl.NCCCOC1CCN(C(=O)c2cnn(-c3cccc(Cl)c3)c2)CC1. The van der Waals surface area contributed by atoms with Crippen LogP contribution >= 0.6 is 24.0 Å². The Kier molecular flexibility index (Phi) is 7.90. The first-order valence-electron chi connectivity index (χ1n) is 8.59. The smallest absolute Gasteiger partial charge is 0.257 e. The Labute approximate surface area is 164 Å². The number of piperidine rings is 1. The molecule has 1 aliphatic rings. The van der Waals surface area contributed by atoms with Gasteiger partial charge in [-0.25, -0.2) is 4.68 Å². The van der Waals surface area contributed by atoms with Gasteiger partial charge in [-0.15, -0.1) is 12.4 Å². The fourth-order valence-corrected chi connectivity index (χ4v) is 3.12. The molecule has 1 aromatic carbocycles. The Morgan fingerprint density at radius 1 is 1.35 bits per heavy atom. The molecular weight excluding hydrogens is 375 g/mol. The molecule has 26 heavy (non-hydrogen) atoms. The highest BCUT2D eigenvalue weighted by atomic mass is 35.5. The zero-order chi connectivity index (χ0) is 17.6. The topological polar surface area (TPSA) is 73.4 Å². The number of nitrogens with zero attached hydrogens (tertiary/aromatic N) is 3. The van der Waals surface area contributed by atoms with E-state index in [0.29, 0.717) is 36.8 Å². The van der Waals surface area contributed by atoms with E-state index in [9.17, 15) is 4.79 Å². The molecule has 1 aliphatic heterocycles. The van der Waals surface area contributed by atoms with E-state index in [1.54, 1.807) is 23.1 Å². The number of carbonyl (C=O) groups is 1. The van der Waals surface area contributed by atoms with Crippen LogP contribution in [-0.4, -0.2) is 52.9 Å². The van der Waals surface area contributed by atoms with Crippen LogP contribution in [0, 0.1) is 0 Å². The number of amides is 1. The summed E-state index contributed by atoms with van der Waals surface area (Å²) in [5.74, 6) is 0.00804. The third-order valence-corrected chi connectivity index (χ3v) is 4.57. The first-order chi connectivity index (χ1) is 12.2. The highest BCUT2D eigenvalue weighted by Crippen LogP contribution is 2.18. The highest BCUT2D eigenvalue weighted by Gasteiger charge is 2.24. The summed E-state index contributed by atoms with van der Waals surface area (Å²) >= 11 is 6.01. The Bertz CT molecular complexity index is 715. The van der Waals surface area contributed by atoms with Crippen LogP contribution in [0.3, 0.4) is 0 Å². The van der Waals surface area contributed by atoms with Crippen molar-refractivity contribution >= 4 is 29.9 Å². The second kappa shape index (κ2) is 9.92. The van der Waals surface area contributed by atoms with Gasteiger partial charge < -0.3 is 15.4 Å². The minimum Gasteiger partial charge on any atom is -0.378 e. The van der Waals surface area contributed by atoms with Gasteiger partial charge >= 0.3 is 0 Å². The van der Waals surface area contributed by atoms with E-state index < -0.39 is 0 Å². The van der Waals surface area contributed by atoms with E-state index in [1.165, 1.54) is 0 Å². The third-order valence-electron chi connectivity index (χ3n) is 4.33. The van der Waals surface area contributed by atoms with Crippen molar-refractivity contribution in [3.63, 3.8) is 0 Å². The first-order valence-corrected chi connectivity index (χ1v) is 8.96. The number of carbonyl (C=O) groups excluding carboxylic acids is 1. The van der Waals surface area contributed by atoms with Crippen molar-refractivity contribution in [1.82, 2.24) is 14.7 Å². The summed E-state index contributed by atoms with van der Waals surface area (Å²) in [6, 6.07) is 7.38. The van der Waals surface area contributed by atoms with Crippen LogP contribution in [0.25, 0.3) is 5.69 Å². The molecule has 8 heteroatoms. The molecule has 0 unspecified atom stereocenters. The molecule has 142 valence electrons. The monoisotopic (exact) mass is 398 g/mol. The molecule has 2 N–H and O–H groups in total. The molecule has 0 atom stereocenters. The van der Waals surface area contributed by atoms with Crippen molar-refractivity contribution in [3.8, 4) is 5.69 Å². The lowest BCUT2D eigenvalue weighted by Gasteiger charge is -2.31. The number of rotatable bonds is 6. The molecule has 2 aromatic rings. The van der Waals surface area contributed by atoms with Gasteiger partial charge in [-0.1, -0.05) is 17.7 Å². The minimum absolute atomic E-state index is 0. The Morgan fingerprint density at radius 2 is 2.12 bits per heavy atom. The lowest BCUT2D eigenvalue weighted by molar-refractivity contribution is 0.00845. The van der Waals surface area contributed by atoms with Crippen LogP contribution in [0.4, 0.5) is 0 Å². The molecular formula is C18H24Cl2N4O2. The summed E-state index contributed by atoms with van der Waals surface area (Å²) in [5, 5.41) is 4.92. The van der Waals surface area contributed by atoms with E-state index in [-0.39, 0.29) is 24.4 Å². The summed E-state index contributed by atoms with van der Waals surface area (Å²) in [7, 11) is 0. The minimum atomic E-state index is 0. The molecule has 1 saturated heterocycles. The van der Waals surface area contributed by atoms with Crippen molar-refractivity contribution < 1.29 is 9.53 Å². The van der Waals surface area contributed by atoms with E-state index >= 15 is 0 Å². The number of likely N-dealkylation sites (tertiary alicyclic amines) is 1. The lowest BCUT2D eigenvalue weighted by atomic mass is 10.1. The zero-order valence-electron chi connectivity index (χ0n) is 14.5. The van der Waals surface area contributed by atoms with Gasteiger partial charge in [0.1, 0.15) is 0 Å². The van der Waals surface area contributed by atoms with E-state index in [4.69, 9.17) is 22.1 Å². The number of nitrogens with two attached hydrogens (primary N) is 1. The Morgan fingerprint density at radius 3 is 2.81 bits per heavy atom. The van der Waals surface area contributed by atoms with Gasteiger partial charge in [0.05, 0.1) is 23.6 Å². The molecule has 0 bridgehead atoms. The van der Waals surface area contributed by atoms with Gasteiger partial charge in [-0.3, -0.25) is 4.79 Å². The summed E-state index contributed by atoms with van der Waals surface area (Å²) in [6.45, 7) is 2.75. The average Bonchev–Trinajstić information content (AvgIpc) is 3.12. The average molecular weight is 399 g/mol. The standard InChI is InChI=1S/C18H23ClN4O2.ClH/c19-15-3-1-4-16(11-15)23-13-14(12-21-23)18(24)22-8-5-17(6-9-22)25-10-2-7-20;/h1,3-4,11-13,17H,2,5-10,20H2;1H. The highest BCUT2D eigenvalue weighted by molar-refractivity contribution is 6.30. The fourth-order valence-electron chi connectivity index (χ4n) is 2.93. The molecule has 1 aromatic heterocycles. The van der Waals surface area contributed by atoms with Crippen molar-refractivity contribution in [2.75, 3.05) is 26.2 Å². The summed E-state index contributed by atoms with van der Waals surface area (Å²) < 4.78 is 7.45. The van der Waals surface area contributed by atoms with E-state index in [2.05, 4.69) is 5.10 Å². The summed E-state index contributed by atoms with van der Waals surface area (Å²) in [5.41, 5.74) is 6.89. The number of hydrogen-bond donors (Lipinski definition) is 1. The molecule has 0 radical (unpaired) electrons. The fraction of sp³-hybridized carbons (Fsp3) is 0.444. The van der Waals surface area contributed by atoms with Crippen molar-refractivity contribution in [2.24, 2.45) is 5.73 Å². The van der Waals surface area contributed by atoms with Gasteiger partial charge in [-0.05, 0) is 44.0 Å². The number of benzene rings is 1. The van der Waals surface area contributed by atoms with Crippen LogP contribution < -0.4 is 5.73 Å². The van der Waals surface area contributed by atoms with Gasteiger partial charge in [-0.2, -0.15) is 5.10 Å². The van der Waals surface area contributed by atoms with Crippen molar-refractivity contribution in [3.05, 3.63) is 47.2 Å². The molecule has 1 amide bonds. The van der Waals surface area contributed by atoms with Crippen molar-refractivity contribution in [2.45, 2.75) is 25.4 Å². The van der Waals surface area contributed by atoms with Crippen LogP contribution in [-0.2, 0) is 4.74 Å². The number of hydrogen-bond acceptors (Lipinski definition) is 4. The maximum absolute atomic E-state index is 12.7. The quantitative estimate of drug-likeness (QED) is 0.759. The molecule has 3 rings (SSSR count). The number of ether oxygens (including phenoxy) is 1. The van der Waals surface area contributed by atoms with Crippen LogP contribution in [0.5, 0.6) is 0 Å². The van der Waals surface area contributed by atoms with Gasteiger partial charge in [0.2, 0.25) is 0 Å². The molecule has 0 spiro atoms. The maximum atomic E-state index is 12.7. The van der Waals surface area contributed by atoms with E-state index in [0.717, 1.165) is 24.9 Å². The summed E-state index contributed by atoms with van der Waals surface area (Å²) in [4.78, 5) is 14.5. The normalized spacial score (nSPS) is 14.9. The summed E-state index contributed by atoms with van der Waals surface area (Å²) in [6.07, 6.45) is 6.18.